The summed E-state index contributed by atoms with van der Waals surface area (Å²) in [5.74, 6) is 1.48. The molecular weight excluding hydrogens is 116 g/mol. The first-order chi connectivity index (χ1) is 4.22. The number of carbonyl (C=O) groups excluding carboxylic acids is 2. The van der Waals surface area contributed by atoms with Gasteiger partial charge in [0.25, 0.3) is 0 Å². The molecule has 0 fully saturated rings. The van der Waals surface area contributed by atoms with E-state index in [-0.39, 0.29) is 11.4 Å². The van der Waals surface area contributed by atoms with Crippen molar-refractivity contribution in [3.8, 4) is 0 Å². The van der Waals surface area contributed by atoms with Gasteiger partial charge < -0.3 is 0 Å². The Morgan fingerprint density at radius 1 is 1.56 bits per heavy atom. The lowest BCUT2D eigenvalue weighted by Crippen LogP contribution is -1.98. The Hall–Kier alpha value is -0.880. The van der Waals surface area contributed by atoms with E-state index in [0.717, 1.165) is 6.42 Å². The van der Waals surface area contributed by atoms with Gasteiger partial charge in [-0.2, -0.15) is 0 Å². The van der Waals surface area contributed by atoms with Crippen molar-refractivity contribution in [1.82, 2.24) is 0 Å². The second-order valence-corrected chi connectivity index (χ2v) is 1.90. The van der Waals surface area contributed by atoms with Crippen LogP contribution in [0.5, 0.6) is 0 Å². The summed E-state index contributed by atoms with van der Waals surface area (Å²) in [5.41, 5.74) is 0.205. The number of allylic oxidation sites excluding steroid dienone is 1. The molecule has 0 radical (unpaired) electrons. The van der Waals surface area contributed by atoms with Crippen LogP contribution in [0.1, 0.15) is 26.7 Å². The van der Waals surface area contributed by atoms with Crippen LogP contribution >= 0.6 is 0 Å². The van der Waals surface area contributed by atoms with E-state index < -0.39 is 0 Å². The lowest BCUT2D eigenvalue weighted by atomic mass is 10.1. The SMILES string of the molecule is CCCC(=O)C(C)=C=O. The molecule has 0 spiro atoms. The molecule has 0 unspecified atom stereocenters. The first-order valence-corrected chi connectivity index (χ1v) is 2.97. The summed E-state index contributed by atoms with van der Waals surface area (Å²) in [4.78, 5) is 20.5. The van der Waals surface area contributed by atoms with Crippen molar-refractivity contribution in [3.63, 3.8) is 0 Å². The van der Waals surface area contributed by atoms with E-state index in [0.29, 0.717) is 6.42 Å². The second-order valence-electron chi connectivity index (χ2n) is 1.90. The summed E-state index contributed by atoms with van der Waals surface area (Å²) in [6.45, 7) is 3.39. The quantitative estimate of drug-likeness (QED) is 0.419. The summed E-state index contributed by atoms with van der Waals surface area (Å²) >= 11 is 0. The van der Waals surface area contributed by atoms with E-state index in [1.165, 1.54) is 6.92 Å². The monoisotopic (exact) mass is 126 g/mol. The average molecular weight is 126 g/mol. The number of rotatable bonds is 3. The zero-order chi connectivity index (χ0) is 7.28. The lowest BCUT2D eigenvalue weighted by Gasteiger charge is -1.89. The molecule has 0 bridgehead atoms. The highest BCUT2D eigenvalue weighted by Gasteiger charge is 2.01. The van der Waals surface area contributed by atoms with Gasteiger partial charge in [-0.15, -0.1) is 0 Å². The molecule has 0 amide bonds. The molecule has 2 heteroatoms. The third-order valence-corrected chi connectivity index (χ3v) is 1.05. The zero-order valence-electron chi connectivity index (χ0n) is 5.73. The normalized spacial score (nSPS) is 8.22. The van der Waals surface area contributed by atoms with Gasteiger partial charge in [0.05, 0.1) is 5.57 Å². The van der Waals surface area contributed by atoms with Crippen LogP contribution in [0.25, 0.3) is 0 Å². The molecule has 0 N–H and O–H groups in total. The highest BCUT2D eigenvalue weighted by Crippen LogP contribution is 1.96. The smallest absolute Gasteiger partial charge is 0.169 e. The van der Waals surface area contributed by atoms with E-state index >= 15 is 0 Å². The standard InChI is InChI=1S/C7H10O2/c1-3-4-7(9)6(2)5-8/h3-4H2,1-2H3. The molecule has 0 aliphatic heterocycles. The van der Waals surface area contributed by atoms with Crippen molar-refractivity contribution < 1.29 is 9.59 Å². The molecule has 0 aromatic rings. The molecule has 0 aromatic carbocycles. The molecule has 2 nitrogen and oxygen atoms in total. The van der Waals surface area contributed by atoms with Crippen LogP contribution in [0, 0.1) is 0 Å². The van der Waals surface area contributed by atoms with Gasteiger partial charge in [0, 0.05) is 6.42 Å². The van der Waals surface area contributed by atoms with Crippen LogP contribution in [-0.4, -0.2) is 11.7 Å². The van der Waals surface area contributed by atoms with Gasteiger partial charge in [0.1, 0.15) is 5.94 Å². The Morgan fingerprint density at radius 2 is 2.11 bits per heavy atom. The van der Waals surface area contributed by atoms with Crippen molar-refractivity contribution in [1.29, 1.82) is 0 Å². The maximum Gasteiger partial charge on any atom is 0.169 e. The first kappa shape index (κ1) is 8.12. The maximum absolute atomic E-state index is 10.7. The Kier molecular flexibility index (Phi) is 3.65. The summed E-state index contributed by atoms with van der Waals surface area (Å²) in [6, 6.07) is 0. The van der Waals surface area contributed by atoms with Crippen molar-refractivity contribution in [2.24, 2.45) is 0 Å². The molecule has 0 aliphatic rings. The molecule has 0 aliphatic carbocycles. The Bertz CT molecular complexity index is 152. The fourth-order valence-corrected chi connectivity index (χ4v) is 0.471. The minimum absolute atomic E-state index is 0.0903. The average Bonchev–Trinajstić information content (AvgIpc) is 1.87. The number of ketones is 1. The molecule has 0 rings (SSSR count). The van der Waals surface area contributed by atoms with Gasteiger partial charge in [0.15, 0.2) is 5.78 Å². The molecule has 0 saturated carbocycles. The van der Waals surface area contributed by atoms with Crippen molar-refractivity contribution in [3.05, 3.63) is 5.57 Å². The van der Waals surface area contributed by atoms with Crippen molar-refractivity contribution in [2.45, 2.75) is 26.7 Å². The van der Waals surface area contributed by atoms with Gasteiger partial charge in [-0.1, -0.05) is 6.92 Å². The van der Waals surface area contributed by atoms with Crippen LogP contribution in [0.4, 0.5) is 0 Å². The number of carbonyl (C=O) groups is 1. The topological polar surface area (TPSA) is 34.1 Å². The first-order valence-electron chi connectivity index (χ1n) is 2.97. The summed E-state index contributed by atoms with van der Waals surface area (Å²) in [6.07, 6.45) is 1.25. The van der Waals surface area contributed by atoms with E-state index in [1.54, 1.807) is 5.94 Å². The third-order valence-electron chi connectivity index (χ3n) is 1.05. The van der Waals surface area contributed by atoms with E-state index in [2.05, 4.69) is 0 Å². The van der Waals surface area contributed by atoms with E-state index in [4.69, 9.17) is 0 Å². The Balaban J connectivity index is 3.89. The highest BCUT2D eigenvalue weighted by molar-refractivity contribution is 6.01. The van der Waals surface area contributed by atoms with Crippen LogP contribution in [0.15, 0.2) is 5.57 Å². The highest BCUT2D eigenvalue weighted by atomic mass is 16.1. The van der Waals surface area contributed by atoms with E-state index in [9.17, 15) is 9.59 Å². The summed E-state index contributed by atoms with van der Waals surface area (Å²) in [5, 5.41) is 0. The lowest BCUT2D eigenvalue weighted by molar-refractivity contribution is -0.115. The Morgan fingerprint density at radius 3 is 2.44 bits per heavy atom. The largest absolute Gasteiger partial charge is 0.294 e. The molecule has 50 valence electrons. The van der Waals surface area contributed by atoms with Gasteiger partial charge in [-0.05, 0) is 13.3 Å². The molecule has 0 saturated heterocycles. The van der Waals surface area contributed by atoms with Crippen molar-refractivity contribution >= 4 is 11.7 Å². The number of hydrogen-bond donors (Lipinski definition) is 0. The van der Waals surface area contributed by atoms with E-state index in [1.807, 2.05) is 6.92 Å². The zero-order valence-corrected chi connectivity index (χ0v) is 5.73. The van der Waals surface area contributed by atoms with Crippen LogP contribution in [0.3, 0.4) is 0 Å². The van der Waals surface area contributed by atoms with Gasteiger partial charge in [-0.25, -0.2) is 4.79 Å². The van der Waals surface area contributed by atoms with Crippen LogP contribution in [0.2, 0.25) is 0 Å². The van der Waals surface area contributed by atoms with Crippen molar-refractivity contribution in [2.75, 3.05) is 0 Å². The number of hydrogen-bond acceptors (Lipinski definition) is 2. The van der Waals surface area contributed by atoms with Gasteiger partial charge >= 0.3 is 0 Å². The second kappa shape index (κ2) is 4.04. The minimum atomic E-state index is -0.0903. The fraction of sp³-hybridized carbons (Fsp3) is 0.571. The number of Topliss-reactive ketones (excluding diaryl/α,β-unsaturated/α-hetero) is 1. The predicted molar refractivity (Wildman–Crippen MR) is 34.8 cm³/mol. The summed E-state index contributed by atoms with van der Waals surface area (Å²) < 4.78 is 0. The molecule has 0 aromatic heterocycles. The van der Waals surface area contributed by atoms with Crippen LogP contribution < -0.4 is 0 Å². The van der Waals surface area contributed by atoms with Gasteiger partial charge in [-0.3, -0.25) is 4.79 Å². The minimum Gasteiger partial charge on any atom is -0.294 e. The summed E-state index contributed by atoms with van der Waals surface area (Å²) in [7, 11) is 0. The predicted octanol–water partition coefficient (Wildman–Crippen LogP) is 1.13. The maximum atomic E-state index is 10.7. The van der Waals surface area contributed by atoms with Gasteiger partial charge in [0.2, 0.25) is 0 Å². The van der Waals surface area contributed by atoms with Crippen LogP contribution in [-0.2, 0) is 9.59 Å². The third kappa shape index (κ3) is 2.83. The molecule has 9 heavy (non-hydrogen) atoms. The molecule has 0 heterocycles. The molecule has 0 atom stereocenters. The Labute approximate surface area is 54.6 Å². The fourth-order valence-electron chi connectivity index (χ4n) is 0.471. The molecular formula is C7H10O2.